The lowest BCUT2D eigenvalue weighted by Gasteiger charge is -2.12. The van der Waals surface area contributed by atoms with Crippen molar-refractivity contribution in [1.82, 2.24) is 0 Å². The summed E-state index contributed by atoms with van der Waals surface area (Å²) in [6, 6.07) is 17.8. The second-order valence-electron chi connectivity index (χ2n) is 6.76. The van der Waals surface area contributed by atoms with Gasteiger partial charge in [0.25, 0.3) is 15.9 Å². The second-order valence-corrected chi connectivity index (χ2v) is 8.44. The maximum atomic E-state index is 13.8. The molecule has 0 aromatic heterocycles. The first kappa shape index (κ1) is 21.3. The molecule has 0 spiro atoms. The SMILES string of the molecule is CC(C)Oc1ccc(NC(=O)c2cccc(S(=O)(=O)Nc3ccccc3F)c2)cc1. The average molecular weight is 428 g/mol. The number of carbonyl (C=O) groups is 1. The molecular weight excluding hydrogens is 407 g/mol. The Morgan fingerprint density at radius 2 is 1.67 bits per heavy atom. The van der Waals surface area contributed by atoms with Gasteiger partial charge in [0.05, 0.1) is 16.7 Å². The van der Waals surface area contributed by atoms with Crippen molar-refractivity contribution in [1.29, 1.82) is 0 Å². The summed E-state index contributed by atoms with van der Waals surface area (Å²) < 4.78 is 46.7. The van der Waals surface area contributed by atoms with Gasteiger partial charge in [-0.05, 0) is 68.4 Å². The molecule has 2 N–H and O–H groups in total. The Labute approximate surface area is 174 Å². The fourth-order valence-electron chi connectivity index (χ4n) is 2.64. The van der Waals surface area contributed by atoms with Crippen LogP contribution in [0.4, 0.5) is 15.8 Å². The molecule has 3 aromatic rings. The highest BCUT2D eigenvalue weighted by atomic mass is 32.2. The third kappa shape index (κ3) is 5.36. The number of hydrogen-bond donors (Lipinski definition) is 2. The van der Waals surface area contributed by atoms with E-state index in [9.17, 15) is 17.6 Å². The van der Waals surface area contributed by atoms with Crippen molar-refractivity contribution < 1.29 is 22.3 Å². The molecule has 0 heterocycles. The number of anilines is 2. The van der Waals surface area contributed by atoms with Gasteiger partial charge in [-0.15, -0.1) is 0 Å². The van der Waals surface area contributed by atoms with Gasteiger partial charge in [-0.1, -0.05) is 18.2 Å². The Morgan fingerprint density at radius 1 is 0.967 bits per heavy atom. The highest BCUT2D eigenvalue weighted by molar-refractivity contribution is 7.92. The summed E-state index contributed by atoms with van der Waals surface area (Å²) in [7, 11) is -4.07. The third-order valence-corrected chi connectivity index (χ3v) is 5.37. The molecule has 0 fully saturated rings. The van der Waals surface area contributed by atoms with Gasteiger partial charge in [0, 0.05) is 11.3 Å². The molecule has 0 bridgehead atoms. The van der Waals surface area contributed by atoms with E-state index in [4.69, 9.17) is 4.74 Å². The van der Waals surface area contributed by atoms with Gasteiger partial charge in [0.15, 0.2) is 0 Å². The van der Waals surface area contributed by atoms with Crippen LogP contribution < -0.4 is 14.8 Å². The van der Waals surface area contributed by atoms with Crippen molar-refractivity contribution in [2.45, 2.75) is 24.8 Å². The fourth-order valence-corrected chi connectivity index (χ4v) is 3.76. The van der Waals surface area contributed by atoms with E-state index in [1.165, 1.54) is 42.5 Å². The lowest BCUT2D eigenvalue weighted by atomic mass is 10.2. The van der Waals surface area contributed by atoms with E-state index in [2.05, 4.69) is 10.0 Å². The van der Waals surface area contributed by atoms with Gasteiger partial charge in [0.2, 0.25) is 0 Å². The van der Waals surface area contributed by atoms with Crippen LogP contribution in [0.5, 0.6) is 5.75 Å². The number of nitrogens with one attached hydrogen (secondary N) is 2. The molecule has 0 aliphatic rings. The van der Waals surface area contributed by atoms with Crippen LogP contribution in [0.1, 0.15) is 24.2 Å². The number of benzene rings is 3. The summed E-state index contributed by atoms with van der Waals surface area (Å²) in [4.78, 5) is 12.4. The minimum absolute atomic E-state index is 0.0353. The number of rotatable bonds is 7. The van der Waals surface area contributed by atoms with Gasteiger partial charge < -0.3 is 10.1 Å². The van der Waals surface area contributed by atoms with Crippen molar-refractivity contribution in [2.75, 3.05) is 10.0 Å². The fraction of sp³-hybridized carbons (Fsp3) is 0.136. The number of para-hydroxylation sites is 1. The first-order chi connectivity index (χ1) is 14.2. The van der Waals surface area contributed by atoms with Crippen LogP contribution in [0.3, 0.4) is 0 Å². The zero-order valence-corrected chi connectivity index (χ0v) is 17.2. The Balaban J connectivity index is 1.76. The van der Waals surface area contributed by atoms with Crippen LogP contribution in [0, 0.1) is 5.82 Å². The van der Waals surface area contributed by atoms with Crippen LogP contribution in [0.2, 0.25) is 0 Å². The molecular formula is C22H21FN2O4S. The van der Waals surface area contributed by atoms with Crippen molar-refractivity contribution in [3.63, 3.8) is 0 Å². The largest absolute Gasteiger partial charge is 0.491 e. The number of ether oxygens (including phenoxy) is 1. The monoisotopic (exact) mass is 428 g/mol. The Morgan fingerprint density at radius 3 is 2.33 bits per heavy atom. The standard InChI is InChI=1S/C22H21FN2O4S/c1-15(2)29-18-12-10-17(11-13-18)24-22(26)16-6-5-7-19(14-16)30(27,28)25-21-9-4-3-8-20(21)23/h3-15,25H,1-2H3,(H,24,26). The van der Waals surface area contributed by atoms with E-state index < -0.39 is 21.7 Å². The summed E-state index contributed by atoms with van der Waals surface area (Å²) >= 11 is 0. The predicted octanol–water partition coefficient (Wildman–Crippen LogP) is 4.67. The van der Waals surface area contributed by atoms with E-state index in [0.717, 1.165) is 6.07 Å². The molecule has 0 saturated heterocycles. The number of hydrogen-bond acceptors (Lipinski definition) is 4. The maximum Gasteiger partial charge on any atom is 0.262 e. The lowest BCUT2D eigenvalue weighted by molar-refractivity contribution is 0.102. The Bertz CT molecular complexity index is 1150. The van der Waals surface area contributed by atoms with E-state index >= 15 is 0 Å². The molecule has 3 aromatic carbocycles. The molecule has 6 nitrogen and oxygen atoms in total. The summed E-state index contributed by atoms with van der Waals surface area (Å²) in [6.45, 7) is 3.83. The van der Waals surface area contributed by atoms with Crippen molar-refractivity contribution >= 4 is 27.3 Å². The zero-order valence-electron chi connectivity index (χ0n) is 16.4. The van der Waals surface area contributed by atoms with Crippen LogP contribution in [0.15, 0.2) is 77.7 Å². The highest BCUT2D eigenvalue weighted by Crippen LogP contribution is 2.21. The molecule has 0 unspecified atom stereocenters. The van der Waals surface area contributed by atoms with Crippen molar-refractivity contribution in [3.8, 4) is 5.75 Å². The number of sulfonamides is 1. The second kappa shape index (κ2) is 8.96. The third-order valence-electron chi connectivity index (χ3n) is 4.01. The summed E-state index contributed by atoms with van der Waals surface area (Å²) in [6.07, 6.45) is 0.0353. The molecule has 1 amide bonds. The first-order valence-electron chi connectivity index (χ1n) is 9.20. The lowest BCUT2D eigenvalue weighted by Crippen LogP contribution is -2.16. The smallest absolute Gasteiger partial charge is 0.262 e. The van der Waals surface area contributed by atoms with E-state index in [-0.39, 0.29) is 22.3 Å². The summed E-state index contributed by atoms with van der Waals surface area (Å²) in [5.74, 6) is -0.495. The molecule has 0 aliphatic heterocycles. The summed E-state index contributed by atoms with van der Waals surface area (Å²) in [5, 5.41) is 2.71. The van der Waals surface area contributed by atoms with Crippen LogP contribution in [-0.2, 0) is 10.0 Å². The topological polar surface area (TPSA) is 84.5 Å². The van der Waals surface area contributed by atoms with Gasteiger partial charge in [-0.3, -0.25) is 9.52 Å². The van der Waals surface area contributed by atoms with Crippen LogP contribution in [0.25, 0.3) is 0 Å². The summed E-state index contributed by atoms with van der Waals surface area (Å²) in [5.41, 5.74) is 0.513. The quantitative estimate of drug-likeness (QED) is 0.573. The van der Waals surface area contributed by atoms with Crippen molar-refractivity contribution in [3.05, 3.63) is 84.2 Å². The Hall–Kier alpha value is -3.39. The predicted molar refractivity (Wildman–Crippen MR) is 114 cm³/mol. The van der Waals surface area contributed by atoms with Gasteiger partial charge in [-0.25, -0.2) is 12.8 Å². The number of halogens is 1. The number of carbonyl (C=O) groups excluding carboxylic acids is 1. The molecule has 0 atom stereocenters. The molecule has 0 radical (unpaired) electrons. The molecule has 30 heavy (non-hydrogen) atoms. The van der Waals surface area contributed by atoms with Gasteiger partial charge >= 0.3 is 0 Å². The number of amides is 1. The van der Waals surface area contributed by atoms with Gasteiger partial charge in [0.1, 0.15) is 11.6 Å². The minimum Gasteiger partial charge on any atom is -0.491 e. The van der Waals surface area contributed by atoms with E-state index in [1.54, 1.807) is 24.3 Å². The molecule has 0 saturated carbocycles. The van der Waals surface area contributed by atoms with E-state index in [0.29, 0.717) is 11.4 Å². The van der Waals surface area contributed by atoms with Crippen LogP contribution in [-0.4, -0.2) is 20.4 Å². The highest BCUT2D eigenvalue weighted by Gasteiger charge is 2.18. The zero-order chi connectivity index (χ0) is 21.7. The van der Waals surface area contributed by atoms with Crippen molar-refractivity contribution in [2.24, 2.45) is 0 Å². The molecule has 156 valence electrons. The first-order valence-corrected chi connectivity index (χ1v) is 10.7. The van der Waals surface area contributed by atoms with Gasteiger partial charge in [-0.2, -0.15) is 0 Å². The van der Waals surface area contributed by atoms with Crippen LogP contribution >= 0.6 is 0 Å². The minimum atomic E-state index is -4.07. The molecule has 3 rings (SSSR count). The molecule has 0 aliphatic carbocycles. The molecule has 8 heteroatoms. The van der Waals surface area contributed by atoms with E-state index in [1.807, 2.05) is 13.8 Å². The average Bonchev–Trinajstić information content (AvgIpc) is 2.71. The maximum absolute atomic E-state index is 13.8. The Kier molecular flexibility index (Phi) is 6.37. The normalized spacial score (nSPS) is 11.2.